The van der Waals surface area contributed by atoms with Crippen molar-refractivity contribution >= 4 is 28.4 Å². The van der Waals surface area contributed by atoms with E-state index in [9.17, 15) is 9.59 Å². The Labute approximate surface area is 201 Å². The van der Waals surface area contributed by atoms with Crippen LogP contribution in [0.2, 0.25) is 5.02 Å². The number of amides is 1. The van der Waals surface area contributed by atoms with Gasteiger partial charge in [-0.2, -0.15) is 0 Å². The van der Waals surface area contributed by atoms with Crippen LogP contribution in [0.5, 0.6) is 0 Å². The van der Waals surface area contributed by atoms with Crippen molar-refractivity contribution in [2.75, 3.05) is 6.54 Å². The number of halogens is 1. The second-order valence-electron chi connectivity index (χ2n) is 8.43. The lowest BCUT2D eigenvalue weighted by Gasteiger charge is -2.32. The van der Waals surface area contributed by atoms with Crippen LogP contribution in [-0.4, -0.2) is 26.9 Å². The fourth-order valence-corrected chi connectivity index (χ4v) is 4.42. The second-order valence-corrected chi connectivity index (χ2v) is 8.86. The monoisotopic (exact) mass is 467 g/mol. The Hall–Kier alpha value is -2.66. The Balaban J connectivity index is 2.13. The molecule has 0 aliphatic carbocycles. The maximum Gasteiger partial charge on any atom is 0.266 e. The van der Waals surface area contributed by atoms with Crippen molar-refractivity contribution in [2.24, 2.45) is 0 Å². The highest BCUT2D eigenvalue weighted by Crippen LogP contribution is 2.27. The topological polar surface area (TPSA) is 55.2 Å². The predicted molar refractivity (Wildman–Crippen MR) is 136 cm³/mol. The number of unbranched alkanes of at least 4 members (excludes halogenated alkanes) is 3. The van der Waals surface area contributed by atoms with E-state index in [1.54, 1.807) is 22.8 Å². The molecule has 3 rings (SSSR count). The molecule has 3 aromatic rings. The molecule has 0 aliphatic heterocycles. The Morgan fingerprint density at radius 3 is 2.39 bits per heavy atom. The molecule has 1 amide bonds. The number of carbonyl (C=O) groups excluding carboxylic acids is 1. The third-order valence-corrected chi connectivity index (χ3v) is 6.23. The molecule has 0 saturated carbocycles. The zero-order chi connectivity index (χ0) is 23.8. The summed E-state index contributed by atoms with van der Waals surface area (Å²) in [4.78, 5) is 33.8. The number of rotatable bonds is 11. The zero-order valence-corrected chi connectivity index (χ0v) is 20.6. The lowest BCUT2D eigenvalue weighted by atomic mass is 10.1. The molecule has 1 unspecified atom stereocenters. The molecule has 1 heterocycles. The van der Waals surface area contributed by atoms with Crippen LogP contribution in [0, 0.1) is 0 Å². The summed E-state index contributed by atoms with van der Waals surface area (Å²) in [7, 11) is 0. The molecule has 33 heavy (non-hydrogen) atoms. The molecular weight excluding hydrogens is 434 g/mol. The van der Waals surface area contributed by atoms with E-state index in [1.807, 2.05) is 42.2 Å². The summed E-state index contributed by atoms with van der Waals surface area (Å²) in [5.41, 5.74) is 1.21. The molecule has 1 atom stereocenters. The van der Waals surface area contributed by atoms with Gasteiger partial charge >= 0.3 is 0 Å². The highest BCUT2D eigenvalue weighted by molar-refractivity contribution is 6.30. The number of benzene rings is 2. The van der Waals surface area contributed by atoms with Gasteiger partial charge in [-0.05, 0) is 55.7 Å². The van der Waals surface area contributed by atoms with E-state index in [2.05, 4.69) is 13.8 Å². The number of nitrogens with zero attached hydrogens (tertiary/aromatic N) is 3. The molecule has 0 bridgehead atoms. The molecule has 2 aromatic carbocycles. The first-order valence-corrected chi connectivity index (χ1v) is 12.5. The van der Waals surface area contributed by atoms with Crippen molar-refractivity contribution in [3.63, 3.8) is 0 Å². The van der Waals surface area contributed by atoms with Crippen LogP contribution < -0.4 is 5.56 Å². The van der Waals surface area contributed by atoms with Gasteiger partial charge in [0, 0.05) is 18.0 Å². The van der Waals surface area contributed by atoms with Gasteiger partial charge in [0.2, 0.25) is 5.91 Å². The van der Waals surface area contributed by atoms with Crippen LogP contribution >= 0.6 is 11.6 Å². The third-order valence-electron chi connectivity index (χ3n) is 5.98. The zero-order valence-electron chi connectivity index (χ0n) is 19.9. The maximum atomic E-state index is 13.6. The van der Waals surface area contributed by atoms with Gasteiger partial charge in [-0.3, -0.25) is 14.2 Å². The molecule has 0 saturated heterocycles. The van der Waals surface area contributed by atoms with E-state index >= 15 is 0 Å². The van der Waals surface area contributed by atoms with Crippen molar-refractivity contribution in [1.82, 2.24) is 14.5 Å². The van der Waals surface area contributed by atoms with Gasteiger partial charge in [-0.25, -0.2) is 4.98 Å². The Kier molecular flexibility index (Phi) is 9.07. The van der Waals surface area contributed by atoms with Gasteiger partial charge in [0.15, 0.2) is 0 Å². The van der Waals surface area contributed by atoms with Gasteiger partial charge in [0.05, 0.1) is 22.6 Å². The van der Waals surface area contributed by atoms with Crippen LogP contribution in [0.4, 0.5) is 0 Å². The van der Waals surface area contributed by atoms with Crippen molar-refractivity contribution < 1.29 is 4.79 Å². The molecule has 5 nitrogen and oxygen atoms in total. The smallest absolute Gasteiger partial charge is 0.266 e. The summed E-state index contributed by atoms with van der Waals surface area (Å²) in [6.07, 6.45) is 6.25. The Morgan fingerprint density at radius 2 is 1.73 bits per heavy atom. The number of carbonyl (C=O) groups is 1. The lowest BCUT2D eigenvalue weighted by molar-refractivity contribution is -0.134. The summed E-state index contributed by atoms with van der Waals surface area (Å²) in [6, 6.07) is 14.3. The van der Waals surface area contributed by atoms with Gasteiger partial charge in [-0.1, -0.05) is 63.8 Å². The molecular formula is C27H34ClN3O2. The van der Waals surface area contributed by atoms with Crippen molar-refractivity contribution in [1.29, 1.82) is 0 Å². The molecule has 0 radical (unpaired) electrons. The summed E-state index contributed by atoms with van der Waals surface area (Å²) >= 11 is 6.11. The minimum Gasteiger partial charge on any atom is -0.333 e. The van der Waals surface area contributed by atoms with Gasteiger partial charge in [0.1, 0.15) is 5.82 Å². The van der Waals surface area contributed by atoms with Crippen LogP contribution in [0.3, 0.4) is 0 Å². The molecule has 0 aliphatic rings. The van der Waals surface area contributed by atoms with Crippen molar-refractivity contribution in [3.05, 3.63) is 69.7 Å². The first kappa shape index (κ1) is 25.0. The SMILES string of the molecule is CCCCCCC(=O)N(CCC)C(CC)c1nc2ccccc2c(=O)n1-c1ccc(Cl)cc1. The van der Waals surface area contributed by atoms with Crippen molar-refractivity contribution in [3.8, 4) is 5.69 Å². The fourth-order valence-electron chi connectivity index (χ4n) is 4.30. The summed E-state index contributed by atoms with van der Waals surface area (Å²) in [5.74, 6) is 0.726. The lowest BCUT2D eigenvalue weighted by Crippen LogP contribution is -2.39. The molecule has 0 N–H and O–H groups in total. The van der Waals surface area contributed by atoms with Crippen LogP contribution in [-0.2, 0) is 4.79 Å². The molecule has 0 spiro atoms. The Bertz CT molecular complexity index is 1120. The summed E-state index contributed by atoms with van der Waals surface area (Å²) in [5, 5.41) is 1.16. The Morgan fingerprint density at radius 1 is 1.00 bits per heavy atom. The van der Waals surface area contributed by atoms with E-state index < -0.39 is 0 Å². The first-order valence-electron chi connectivity index (χ1n) is 12.1. The largest absolute Gasteiger partial charge is 0.333 e. The molecule has 6 heteroatoms. The van der Waals surface area contributed by atoms with E-state index in [1.165, 1.54) is 0 Å². The average molecular weight is 468 g/mol. The quantitative estimate of drug-likeness (QED) is 0.295. The highest BCUT2D eigenvalue weighted by Gasteiger charge is 2.28. The van der Waals surface area contributed by atoms with Crippen LogP contribution in [0.25, 0.3) is 16.6 Å². The van der Waals surface area contributed by atoms with E-state index in [4.69, 9.17) is 16.6 Å². The molecule has 1 aromatic heterocycles. The van der Waals surface area contributed by atoms with E-state index in [0.29, 0.717) is 46.8 Å². The highest BCUT2D eigenvalue weighted by atomic mass is 35.5. The van der Waals surface area contributed by atoms with Gasteiger partial charge in [0.25, 0.3) is 5.56 Å². The van der Waals surface area contributed by atoms with E-state index in [0.717, 1.165) is 32.1 Å². The van der Waals surface area contributed by atoms with Gasteiger partial charge in [-0.15, -0.1) is 0 Å². The average Bonchev–Trinajstić information content (AvgIpc) is 2.82. The number of fused-ring (bicyclic) bond motifs is 1. The maximum absolute atomic E-state index is 13.6. The minimum atomic E-state index is -0.295. The number of aromatic nitrogens is 2. The minimum absolute atomic E-state index is 0.130. The normalized spacial score (nSPS) is 12.1. The predicted octanol–water partition coefficient (Wildman–Crippen LogP) is 6.70. The summed E-state index contributed by atoms with van der Waals surface area (Å²) in [6.45, 7) is 6.92. The number of hydrogen-bond acceptors (Lipinski definition) is 3. The third kappa shape index (κ3) is 5.83. The molecule has 0 fully saturated rings. The standard InChI is InChI=1S/C27H34ClN3O2/c1-4-7-8-9-14-25(32)30(19-5-2)24(6-3)26-29-23-13-11-10-12-22(23)27(33)31(26)21-17-15-20(28)16-18-21/h10-13,15-18,24H,4-9,14,19H2,1-3H3. The summed E-state index contributed by atoms with van der Waals surface area (Å²) < 4.78 is 1.65. The van der Waals surface area contributed by atoms with Crippen molar-refractivity contribution in [2.45, 2.75) is 71.8 Å². The number of para-hydroxylation sites is 1. The van der Waals surface area contributed by atoms with Crippen LogP contribution in [0.1, 0.15) is 77.6 Å². The second kappa shape index (κ2) is 12.0. The number of hydrogen-bond donors (Lipinski definition) is 0. The van der Waals surface area contributed by atoms with E-state index in [-0.39, 0.29) is 17.5 Å². The van der Waals surface area contributed by atoms with Crippen LogP contribution in [0.15, 0.2) is 53.3 Å². The van der Waals surface area contributed by atoms with Gasteiger partial charge < -0.3 is 4.90 Å². The first-order chi connectivity index (χ1) is 16.0. The molecule has 176 valence electrons. The fraction of sp³-hybridized carbons (Fsp3) is 0.444.